The van der Waals surface area contributed by atoms with Crippen LogP contribution in [-0.4, -0.2) is 29.8 Å². The van der Waals surface area contributed by atoms with Crippen LogP contribution in [0.2, 0.25) is 0 Å². The van der Waals surface area contributed by atoms with Gasteiger partial charge in [0.05, 0.1) is 12.7 Å². The third kappa shape index (κ3) is 4.01. The molecule has 0 aromatic heterocycles. The van der Waals surface area contributed by atoms with Gasteiger partial charge in [0.25, 0.3) is 0 Å². The quantitative estimate of drug-likeness (QED) is 0.588. The minimum Gasteiger partial charge on any atom is -0.496 e. The fourth-order valence-corrected chi connectivity index (χ4v) is 1.52. The molecule has 0 radical (unpaired) electrons. The average Bonchev–Trinajstić information content (AvgIpc) is 2.35. The Morgan fingerprint density at radius 2 is 1.83 bits per heavy atom. The minimum atomic E-state index is -1.18. The number of hydrogen-bond acceptors (Lipinski definition) is 4. The number of carboxylic acids is 1. The maximum Gasteiger partial charge on any atom is 0.310 e. The zero-order chi connectivity index (χ0) is 13.5. The van der Waals surface area contributed by atoms with Gasteiger partial charge < -0.3 is 9.84 Å². The summed E-state index contributed by atoms with van der Waals surface area (Å²) in [6.45, 7) is 0. The number of carbonyl (C=O) groups is 3. The Morgan fingerprint density at radius 3 is 2.44 bits per heavy atom. The average molecular weight is 250 g/mol. The number of rotatable bonds is 7. The molecule has 0 saturated heterocycles. The van der Waals surface area contributed by atoms with Crippen LogP contribution in [0.25, 0.3) is 0 Å². The molecule has 0 amide bonds. The van der Waals surface area contributed by atoms with E-state index in [4.69, 9.17) is 9.84 Å². The van der Waals surface area contributed by atoms with Gasteiger partial charge in [0.2, 0.25) is 0 Å². The van der Waals surface area contributed by atoms with Crippen LogP contribution in [0.3, 0.4) is 0 Å². The highest BCUT2D eigenvalue weighted by Gasteiger charge is 2.14. The Balaban J connectivity index is 2.60. The van der Waals surface area contributed by atoms with Crippen molar-refractivity contribution in [3.63, 3.8) is 0 Å². The van der Waals surface area contributed by atoms with Gasteiger partial charge in [-0.05, 0) is 12.1 Å². The van der Waals surface area contributed by atoms with E-state index < -0.39 is 18.2 Å². The second-order valence-corrected chi connectivity index (χ2v) is 3.73. The van der Waals surface area contributed by atoms with Crippen LogP contribution in [0.1, 0.15) is 29.6 Å². The molecule has 0 bridgehead atoms. The van der Waals surface area contributed by atoms with Gasteiger partial charge in [-0.15, -0.1) is 0 Å². The molecular formula is C13H14O5. The lowest BCUT2D eigenvalue weighted by atomic mass is 10.0. The zero-order valence-electron chi connectivity index (χ0n) is 10.0. The number of benzene rings is 1. The second-order valence-electron chi connectivity index (χ2n) is 3.73. The number of para-hydroxylation sites is 1. The third-order valence-corrected chi connectivity index (χ3v) is 2.39. The zero-order valence-corrected chi connectivity index (χ0v) is 10.0. The van der Waals surface area contributed by atoms with Crippen molar-refractivity contribution >= 4 is 17.5 Å². The van der Waals surface area contributed by atoms with E-state index in [0.29, 0.717) is 11.3 Å². The lowest BCUT2D eigenvalue weighted by molar-refractivity contribution is -0.140. The Kier molecular flexibility index (Phi) is 5.05. The summed E-state index contributed by atoms with van der Waals surface area (Å²) in [5.74, 6) is -1.41. The first-order valence-electron chi connectivity index (χ1n) is 5.44. The minimum absolute atomic E-state index is 0.00745. The van der Waals surface area contributed by atoms with E-state index in [9.17, 15) is 14.4 Å². The predicted molar refractivity (Wildman–Crippen MR) is 63.8 cm³/mol. The molecule has 96 valence electrons. The molecule has 0 aliphatic rings. The Bertz CT molecular complexity index is 464. The van der Waals surface area contributed by atoms with Crippen molar-refractivity contribution in [3.05, 3.63) is 29.8 Å². The normalized spacial score (nSPS) is 9.83. The molecule has 1 rings (SSSR count). The number of aliphatic carboxylic acids is 1. The van der Waals surface area contributed by atoms with Gasteiger partial charge in [-0.3, -0.25) is 14.4 Å². The summed E-state index contributed by atoms with van der Waals surface area (Å²) in [6, 6.07) is 6.72. The van der Waals surface area contributed by atoms with Crippen molar-refractivity contribution in [1.29, 1.82) is 0 Å². The molecule has 0 unspecified atom stereocenters. The van der Waals surface area contributed by atoms with Crippen LogP contribution in [0, 0.1) is 0 Å². The Morgan fingerprint density at radius 1 is 1.17 bits per heavy atom. The molecule has 18 heavy (non-hydrogen) atoms. The van der Waals surface area contributed by atoms with Gasteiger partial charge in [-0.2, -0.15) is 0 Å². The molecule has 0 fully saturated rings. The van der Waals surface area contributed by atoms with Crippen molar-refractivity contribution in [3.8, 4) is 5.75 Å². The van der Waals surface area contributed by atoms with Crippen LogP contribution < -0.4 is 4.74 Å². The summed E-state index contributed by atoms with van der Waals surface area (Å²) in [4.78, 5) is 33.3. The number of Topliss-reactive ketones (excluding diaryl/α,β-unsaturated/α-hetero) is 2. The number of methoxy groups -OCH3 is 1. The highest BCUT2D eigenvalue weighted by atomic mass is 16.5. The number of carboxylic acid groups (broad SMARTS) is 1. The second kappa shape index (κ2) is 6.54. The number of carbonyl (C=O) groups excluding carboxylic acids is 2. The third-order valence-electron chi connectivity index (χ3n) is 2.39. The predicted octanol–water partition coefficient (Wildman–Crippen LogP) is 1.70. The number of ether oxygens (including phenoxy) is 1. The fourth-order valence-electron chi connectivity index (χ4n) is 1.52. The molecule has 0 aliphatic carbocycles. The summed E-state index contributed by atoms with van der Waals surface area (Å²) in [5, 5.41) is 8.42. The molecule has 5 nitrogen and oxygen atoms in total. The Hall–Kier alpha value is -2.17. The van der Waals surface area contributed by atoms with Crippen LogP contribution in [-0.2, 0) is 9.59 Å². The van der Waals surface area contributed by atoms with Gasteiger partial charge in [-0.1, -0.05) is 12.1 Å². The van der Waals surface area contributed by atoms with Gasteiger partial charge in [0.1, 0.15) is 18.0 Å². The molecule has 5 heteroatoms. The van der Waals surface area contributed by atoms with Gasteiger partial charge in [-0.25, -0.2) is 0 Å². The first-order valence-corrected chi connectivity index (χ1v) is 5.44. The monoisotopic (exact) mass is 250 g/mol. The molecule has 0 spiro atoms. The van der Waals surface area contributed by atoms with E-state index in [-0.39, 0.29) is 18.6 Å². The van der Waals surface area contributed by atoms with Crippen molar-refractivity contribution in [2.75, 3.05) is 7.11 Å². The van der Waals surface area contributed by atoms with Crippen molar-refractivity contribution < 1.29 is 24.2 Å². The maximum absolute atomic E-state index is 11.8. The highest BCUT2D eigenvalue weighted by Crippen LogP contribution is 2.19. The molecule has 0 aliphatic heterocycles. The summed E-state index contributed by atoms with van der Waals surface area (Å²) >= 11 is 0. The van der Waals surface area contributed by atoms with Crippen LogP contribution in [0.4, 0.5) is 0 Å². The highest BCUT2D eigenvalue weighted by molar-refractivity contribution is 6.02. The molecule has 1 aromatic carbocycles. The van der Waals surface area contributed by atoms with E-state index in [1.165, 1.54) is 7.11 Å². The largest absolute Gasteiger partial charge is 0.496 e. The van der Waals surface area contributed by atoms with E-state index >= 15 is 0 Å². The van der Waals surface area contributed by atoms with E-state index in [1.54, 1.807) is 24.3 Å². The maximum atomic E-state index is 11.8. The Labute approximate surface area is 104 Å². The number of ketones is 2. The molecule has 1 aromatic rings. The molecule has 1 N–H and O–H groups in total. The summed E-state index contributed by atoms with van der Waals surface area (Å²) in [6.07, 6.45) is -0.616. The van der Waals surface area contributed by atoms with Crippen LogP contribution in [0.5, 0.6) is 5.75 Å². The topological polar surface area (TPSA) is 80.7 Å². The van der Waals surface area contributed by atoms with Gasteiger partial charge in [0.15, 0.2) is 5.78 Å². The molecule has 0 heterocycles. The molecule has 0 atom stereocenters. The van der Waals surface area contributed by atoms with Gasteiger partial charge in [0, 0.05) is 12.8 Å². The van der Waals surface area contributed by atoms with Crippen LogP contribution in [0.15, 0.2) is 24.3 Å². The fraction of sp³-hybridized carbons (Fsp3) is 0.308. The first-order chi connectivity index (χ1) is 8.54. The van der Waals surface area contributed by atoms with Crippen molar-refractivity contribution in [2.45, 2.75) is 19.3 Å². The summed E-state index contributed by atoms with van der Waals surface area (Å²) < 4.78 is 5.04. The van der Waals surface area contributed by atoms with Crippen molar-refractivity contribution in [2.24, 2.45) is 0 Å². The lowest BCUT2D eigenvalue weighted by Gasteiger charge is -2.06. The lowest BCUT2D eigenvalue weighted by Crippen LogP contribution is -2.09. The van der Waals surface area contributed by atoms with Crippen molar-refractivity contribution in [1.82, 2.24) is 0 Å². The van der Waals surface area contributed by atoms with Crippen LogP contribution >= 0.6 is 0 Å². The number of hydrogen-bond donors (Lipinski definition) is 1. The standard InChI is InChI=1S/C13H14O5/c1-18-12-5-3-2-4-10(12)11(15)7-6-9(14)8-13(16)17/h2-5H,6-8H2,1H3,(H,16,17). The summed E-state index contributed by atoms with van der Waals surface area (Å²) in [5.41, 5.74) is 0.406. The molecular weight excluding hydrogens is 236 g/mol. The first kappa shape index (κ1) is 13.9. The molecule has 0 saturated carbocycles. The van der Waals surface area contributed by atoms with E-state index in [0.717, 1.165) is 0 Å². The van der Waals surface area contributed by atoms with E-state index in [2.05, 4.69) is 0 Å². The SMILES string of the molecule is COc1ccccc1C(=O)CCC(=O)CC(=O)O. The smallest absolute Gasteiger partial charge is 0.310 e. The van der Waals surface area contributed by atoms with Gasteiger partial charge >= 0.3 is 5.97 Å². The van der Waals surface area contributed by atoms with E-state index in [1.807, 2.05) is 0 Å². The summed E-state index contributed by atoms with van der Waals surface area (Å²) in [7, 11) is 1.46.